The molecule has 1 atom stereocenters. The van der Waals surface area contributed by atoms with Gasteiger partial charge in [0.2, 0.25) is 5.49 Å². The van der Waals surface area contributed by atoms with E-state index in [9.17, 15) is 15.0 Å². The number of nitroso groups, excluding NO2 is 1. The van der Waals surface area contributed by atoms with Gasteiger partial charge in [-0.2, -0.15) is 5.10 Å². The monoisotopic (exact) mass is 280 g/mol. The summed E-state index contributed by atoms with van der Waals surface area (Å²) in [5, 5.41) is 19.4. The molecule has 2 aromatic heterocycles. The van der Waals surface area contributed by atoms with Crippen LogP contribution in [-0.2, 0) is 0 Å². The van der Waals surface area contributed by atoms with Gasteiger partial charge in [0.25, 0.3) is 6.04 Å². The van der Waals surface area contributed by atoms with Crippen LogP contribution in [0, 0.1) is 15.0 Å². The van der Waals surface area contributed by atoms with E-state index in [-0.39, 0.29) is 21.8 Å². The van der Waals surface area contributed by atoms with Gasteiger partial charge in [0.15, 0.2) is 4.87 Å². The smallest absolute Gasteiger partial charge is 0.258 e. The van der Waals surface area contributed by atoms with E-state index >= 15 is 0 Å². The molecule has 0 bridgehead atoms. The Morgan fingerprint density at radius 2 is 2.26 bits per heavy atom. The third-order valence-electron chi connectivity index (χ3n) is 2.87. The van der Waals surface area contributed by atoms with E-state index in [0.29, 0.717) is 10.1 Å². The van der Waals surface area contributed by atoms with E-state index in [1.165, 1.54) is 22.7 Å². The van der Waals surface area contributed by atoms with Crippen molar-refractivity contribution in [2.24, 2.45) is 5.10 Å². The van der Waals surface area contributed by atoms with Crippen LogP contribution in [0.5, 0.6) is 0 Å². The van der Waals surface area contributed by atoms with Crippen LogP contribution in [0.3, 0.4) is 0 Å². The Kier molecular flexibility index (Phi) is 2.36. The minimum absolute atomic E-state index is 0.122. The summed E-state index contributed by atoms with van der Waals surface area (Å²) < 4.78 is 1.21. The van der Waals surface area contributed by atoms with Gasteiger partial charge >= 0.3 is 5.69 Å². The molecule has 0 N–H and O–H groups in total. The summed E-state index contributed by atoms with van der Waals surface area (Å²) in [6.07, 6.45) is 1.50. The number of nitrogens with zero attached hydrogens (tertiary/aromatic N) is 5. The van der Waals surface area contributed by atoms with E-state index in [1.54, 1.807) is 6.92 Å². The van der Waals surface area contributed by atoms with Gasteiger partial charge in [-0.15, -0.1) is 0 Å². The fourth-order valence-electron chi connectivity index (χ4n) is 2.03. The normalized spacial score (nSPS) is 17.8. The van der Waals surface area contributed by atoms with Crippen LogP contribution in [0.25, 0.3) is 11.6 Å². The van der Waals surface area contributed by atoms with Crippen molar-refractivity contribution >= 4 is 28.9 Å². The van der Waals surface area contributed by atoms with Crippen LogP contribution in [0.4, 0.5) is 5.69 Å². The van der Waals surface area contributed by atoms with Crippen LogP contribution >= 0.6 is 11.6 Å². The van der Waals surface area contributed by atoms with Crippen molar-refractivity contribution in [3.63, 3.8) is 0 Å². The summed E-state index contributed by atoms with van der Waals surface area (Å²) in [6, 6.07) is 2.36. The molecule has 19 heavy (non-hydrogen) atoms. The summed E-state index contributed by atoms with van der Waals surface area (Å²) in [4.78, 5) is 22.7. The summed E-state index contributed by atoms with van der Waals surface area (Å²) >= 11 is 5.77. The second-order valence-electron chi connectivity index (χ2n) is 4.11. The van der Waals surface area contributed by atoms with Crippen molar-refractivity contribution < 1.29 is 9.79 Å². The Labute approximate surface area is 110 Å². The highest BCUT2D eigenvalue weighted by atomic mass is 35.5. The molecule has 0 aliphatic carbocycles. The van der Waals surface area contributed by atoms with Crippen molar-refractivity contribution in [1.82, 2.24) is 9.61 Å². The van der Waals surface area contributed by atoms with Crippen LogP contribution in [0.2, 0.25) is 5.15 Å². The first-order valence-corrected chi connectivity index (χ1v) is 5.75. The lowest BCUT2D eigenvalue weighted by atomic mass is 10.2. The SMILES string of the molecule is CC1C=c2c([N+](=O)[O-])c3ccc(Cl)nn3c2=N[N+]1=O. The van der Waals surface area contributed by atoms with Gasteiger partial charge in [-0.3, -0.25) is 10.1 Å². The maximum atomic E-state index is 11.5. The third-order valence-corrected chi connectivity index (χ3v) is 3.08. The topological polar surface area (TPSA) is 92.9 Å². The lowest BCUT2D eigenvalue weighted by molar-refractivity contribution is -0.579. The minimum atomic E-state index is -0.570. The van der Waals surface area contributed by atoms with Gasteiger partial charge < -0.3 is 0 Å². The molecule has 8 nitrogen and oxygen atoms in total. The number of aromatic nitrogens is 2. The maximum absolute atomic E-state index is 11.5. The van der Waals surface area contributed by atoms with E-state index in [0.717, 1.165) is 0 Å². The second kappa shape index (κ2) is 3.82. The number of halogens is 1. The van der Waals surface area contributed by atoms with Crippen LogP contribution < -0.4 is 10.7 Å². The molecule has 0 fully saturated rings. The molecular weight excluding hydrogens is 274 g/mol. The number of rotatable bonds is 1. The highest BCUT2D eigenvalue weighted by Crippen LogP contribution is 2.16. The second-order valence-corrected chi connectivity index (χ2v) is 4.49. The molecule has 0 amide bonds. The molecule has 1 aliphatic heterocycles. The standard InChI is InChI=1S/C10H7ClN5O3/c1-5-4-6-9(16(18)19)7-2-3-8(11)12-14(7)10(6)13-15(5)17/h2-5H,1H3/q+1. The molecule has 3 rings (SSSR count). The maximum Gasteiger partial charge on any atom is 0.306 e. The Bertz CT molecular complexity index is 856. The van der Waals surface area contributed by atoms with Crippen molar-refractivity contribution in [3.8, 4) is 0 Å². The zero-order valence-electron chi connectivity index (χ0n) is 9.65. The van der Waals surface area contributed by atoms with E-state index in [4.69, 9.17) is 11.6 Å². The van der Waals surface area contributed by atoms with Crippen molar-refractivity contribution in [1.29, 1.82) is 0 Å². The highest BCUT2D eigenvalue weighted by molar-refractivity contribution is 6.29. The van der Waals surface area contributed by atoms with Gasteiger partial charge in [-0.25, -0.2) is 4.52 Å². The van der Waals surface area contributed by atoms with Gasteiger partial charge in [0.1, 0.15) is 15.9 Å². The van der Waals surface area contributed by atoms with E-state index in [2.05, 4.69) is 10.2 Å². The summed E-state index contributed by atoms with van der Waals surface area (Å²) in [6.45, 7) is 1.60. The van der Waals surface area contributed by atoms with Crippen molar-refractivity contribution in [2.75, 3.05) is 0 Å². The lowest BCUT2D eigenvalue weighted by Crippen LogP contribution is -2.37. The third kappa shape index (κ3) is 1.60. The van der Waals surface area contributed by atoms with E-state index in [1.807, 2.05) is 0 Å². The van der Waals surface area contributed by atoms with Gasteiger partial charge in [0.05, 0.1) is 14.9 Å². The minimum Gasteiger partial charge on any atom is -0.258 e. The van der Waals surface area contributed by atoms with Crippen molar-refractivity contribution in [3.05, 3.63) is 43.0 Å². The highest BCUT2D eigenvalue weighted by Gasteiger charge is 2.30. The zero-order valence-corrected chi connectivity index (χ0v) is 10.4. The lowest BCUT2D eigenvalue weighted by Gasteiger charge is -1.94. The Balaban J connectivity index is 2.61. The number of hydrogen-bond donors (Lipinski definition) is 0. The summed E-state index contributed by atoms with van der Waals surface area (Å²) in [5.41, 5.74) is 0.252. The molecule has 0 spiro atoms. The zero-order chi connectivity index (χ0) is 13.7. The average molecular weight is 281 g/mol. The molecule has 3 heterocycles. The molecule has 0 aromatic carbocycles. The summed E-state index contributed by atoms with van der Waals surface area (Å²) in [7, 11) is 0. The fraction of sp³-hybridized carbons (Fsp3) is 0.200. The first-order valence-electron chi connectivity index (χ1n) is 5.37. The molecule has 1 aliphatic rings. The molecule has 9 heteroatoms. The van der Waals surface area contributed by atoms with Crippen molar-refractivity contribution in [2.45, 2.75) is 13.0 Å². The van der Waals surface area contributed by atoms with Gasteiger partial charge in [0, 0.05) is 13.0 Å². The average Bonchev–Trinajstić information content (AvgIpc) is 2.63. The number of nitro groups is 1. The number of hydrogen-bond acceptors (Lipinski definition) is 4. The predicted molar refractivity (Wildman–Crippen MR) is 65.2 cm³/mol. The quantitative estimate of drug-likeness (QED) is 0.429. The van der Waals surface area contributed by atoms with Crippen LogP contribution in [-0.4, -0.2) is 25.4 Å². The molecule has 96 valence electrons. The molecule has 1 unspecified atom stereocenters. The fourth-order valence-corrected chi connectivity index (χ4v) is 2.17. The molecule has 0 saturated carbocycles. The van der Waals surface area contributed by atoms with Gasteiger partial charge in [-0.1, -0.05) is 11.6 Å². The summed E-state index contributed by atoms with van der Waals surface area (Å²) in [5.74, 6) is 0. The molecular formula is C10H7ClN5O3+. The molecule has 0 saturated heterocycles. The van der Waals surface area contributed by atoms with Crippen LogP contribution in [0.1, 0.15) is 6.92 Å². The molecule has 2 aromatic rings. The Hall–Kier alpha value is -2.35. The molecule has 0 radical (unpaired) electrons. The number of fused-ring (bicyclic) bond motifs is 3. The van der Waals surface area contributed by atoms with Gasteiger partial charge in [-0.05, 0) is 12.1 Å². The Morgan fingerprint density at radius 1 is 1.53 bits per heavy atom. The first kappa shape index (κ1) is 11.7. The van der Waals surface area contributed by atoms with E-state index < -0.39 is 11.0 Å². The largest absolute Gasteiger partial charge is 0.306 e. The Morgan fingerprint density at radius 3 is 2.95 bits per heavy atom. The van der Waals surface area contributed by atoms with Crippen LogP contribution in [0.15, 0.2) is 17.2 Å². The predicted octanol–water partition coefficient (Wildman–Crippen LogP) is 0.392. The first-order chi connectivity index (χ1) is 8.99.